The fourth-order valence-electron chi connectivity index (χ4n) is 0.753. The Labute approximate surface area is 60.4 Å². The summed E-state index contributed by atoms with van der Waals surface area (Å²) in [4.78, 5) is 10.3. The van der Waals surface area contributed by atoms with E-state index in [1.807, 2.05) is 0 Å². The van der Waals surface area contributed by atoms with Crippen LogP contribution < -0.4 is 5.32 Å². The van der Waals surface area contributed by atoms with Crippen LogP contribution in [0.1, 0.15) is 19.8 Å². The average molecular weight is 143 g/mol. The van der Waals surface area contributed by atoms with Gasteiger partial charge in [-0.25, -0.2) is 0 Å². The lowest BCUT2D eigenvalue weighted by Crippen LogP contribution is -2.34. The highest BCUT2D eigenvalue weighted by Gasteiger charge is 2.22. The highest BCUT2D eigenvalue weighted by Crippen LogP contribution is 2.27. The number of hydrogen-bond donors (Lipinski definition) is 2. The van der Waals surface area contributed by atoms with E-state index in [-0.39, 0.29) is 6.04 Å². The van der Waals surface area contributed by atoms with Crippen LogP contribution in [0.5, 0.6) is 0 Å². The lowest BCUT2D eigenvalue weighted by atomic mass is 10.3. The van der Waals surface area contributed by atoms with E-state index >= 15 is 0 Å². The highest BCUT2D eigenvalue weighted by molar-refractivity contribution is 5.72. The summed E-state index contributed by atoms with van der Waals surface area (Å²) in [6.07, 6.45) is 2.53. The van der Waals surface area contributed by atoms with Crippen LogP contribution in [0.25, 0.3) is 0 Å². The predicted molar refractivity (Wildman–Crippen MR) is 37.8 cm³/mol. The Morgan fingerprint density at radius 2 is 2.40 bits per heavy atom. The minimum Gasteiger partial charge on any atom is -0.480 e. The van der Waals surface area contributed by atoms with Crippen molar-refractivity contribution in [1.29, 1.82) is 0 Å². The fraction of sp³-hybridized carbons (Fsp3) is 0.857. The number of rotatable bonds is 4. The maximum Gasteiger partial charge on any atom is 0.320 e. The molecule has 0 aliphatic heterocycles. The Hall–Kier alpha value is -0.570. The van der Waals surface area contributed by atoms with Crippen molar-refractivity contribution in [2.45, 2.75) is 25.8 Å². The predicted octanol–water partition coefficient (Wildman–Crippen LogP) is 0.459. The molecule has 0 heterocycles. The van der Waals surface area contributed by atoms with Crippen molar-refractivity contribution in [2.75, 3.05) is 6.54 Å². The van der Waals surface area contributed by atoms with Gasteiger partial charge < -0.3 is 10.4 Å². The molecule has 3 heteroatoms. The Bertz CT molecular complexity index is 132. The van der Waals surface area contributed by atoms with E-state index in [0.29, 0.717) is 0 Å². The molecule has 0 bridgehead atoms. The van der Waals surface area contributed by atoms with Gasteiger partial charge in [0.25, 0.3) is 0 Å². The minimum absolute atomic E-state index is 0.388. The zero-order valence-electron chi connectivity index (χ0n) is 6.13. The Kier molecular flexibility index (Phi) is 2.27. The van der Waals surface area contributed by atoms with Crippen LogP contribution in [0.2, 0.25) is 0 Å². The van der Waals surface area contributed by atoms with E-state index in [0.717, 1.165) is 12.5 Å². The standard InChI is InChI=1S/C7H13NO2/c1-5(7(9)10)8-4-6-2-3-6/h5-6,8H,2-4H2,1H3,(H,9,10)/t5-/m1/s1. The third-order valence-electron chi connectivity index (χ3n) is 1.78. The van der Waals surface area contributed by atoms with Crippen LogP contribution in [0.4, 0.5) is 0 Å². The third kappa shape index (κ3) is 2.35. The van der Waals surface area contributed by atoms with Crippen molar-refractivity contribution in [3.05, 3.63) is 0 Å². The molecule has 1 rings (SSSR count). The first-order valence-corrected chi connectivity index (χ1v) is 3.66. The monoisotopic (exact) mass is 143 g/mol. The second-order valence-electron chi connectivity index (χ2n) is 2.91. The molecule has 2 N–H and O–H groups in total. The molecule has 1 fully saturated rings. The largest absolute Gasteiger partial charge is 0.480 e. The molecule has 0 aromatic heterocycles. The topological polar surface area (TPSA) is 49.3 Å². The van der Waals surface area contributed by atoms with Crippen LogP contribution in [0, 0.1) is 5.92 Å². The molecule has 0 saturated heterocycles. The van der Waals surface area contributed by atoms with Gasteiger partial charge in [0.05, 0.1) is 0 Å². The zero-order chi connectivity index (χ0) is 7.56. The van der Waals surface area contributed by atoms with Crippen LogP contribution in [-0.2, 0) is 4.79 Å². The fourth-order valence-corrected chi connectivity index (χ4v) is 0.753. The van der Waals surface area contributed by atoms with Gasteiger partial charge in [0, 0.05) is 0 Å². The van der Waals surface area contributed by atoms with Gasteiger partial charge in [-0.3, -0.25) is 4.79 Å². The quantitative estimate of drug-likeness (QED) is 0.601. The minimum atomic E-state index is -0.763. The van der Waals surface area contributed by atoms with E-state index in [2.05, 4.69) is 5.32 Å². The Morgan fingerprint density at radius 1 is 1.80 bits per heavy atom. The van der Waals surface area contributed by atoms with Gasteiger partial charge in [-0.05, 0) is 32.2 Å². The van der Waals surface area contributed by atoms with Crippen molar-refractivity contribution in [2.24, 2.45) is 5.92 Å². The first kappa shape index (κ1) is 7.54. The van der Waals surface area contributed by atoms with Crippen LogP contribution in [0.3, 0.4) is 0 Å². The number of carbonyl (C=O) groups is 1. The van der Waals surface area contributed by atoms with Crippen LogP contribution in [0.15, 0.2) is 0 Å². The maximum atomic E-state index is 10.3. The van der Waals surface area contributed by atoms with Gasteiger partial charge in [0.15, 0.2) is 0 Å². The molecule has 0 spiro atoms. The van der Waals surface area contributed by atoms with Crippen LogP contribution >= 0.6 is 0 Å². The van der Waals surface area contributed by atoms with Crippen molar-refractivity contribution in [3.8, 4) is 0 Å². The first-order chi connectivity index (χ1) is 4.70. The maximum absolute atomic E-state index is 10.3. The average Bonchev–Trinajstić information content (AvgIpc) is 2.64. The van der Waals surface area contributed by atoms with Gasteiger partial charge in [0.2, 0.25) is 0 Å². The lowest BCUT2D eigenvalue weighted by molar-refractivity contribution is -0.139. The molecule has 1 saturated carbocycles. The number of aliphatic carboxylic acids is 1. The van der Waals surface area contributed by atoms with E-state index in [4.69, 9.17) is 5.11 Å². The molecule has 1 atom stereocenters. The zero-order valence-corrected chi connectivity index (χ0v) is 6.13. The molecular weight excluding hydrogens is 130 g/mol. The summed E-state index contributed by atoms with van der Waals surface area (Å²) >= 11 is 0. The molecule has 10 heavy (non-hydrogen) atoms. The highest BCUT2D eigenvalue weighted by atomic mass is 16.4. The molecule has 0 aromatic rings. The second kappa shape index (κ2) is 3.01. The summed E-state index contributed by atoms with van der Waals surface area (Å²) < 4.78 is 0. The lowest BCUT2D eigenvalue weighted by Gasteiger charge is -2.06. The van der Waals surface area contributed by atoms with Crippen molar-refractivity contribution in [1.82, 2.24) is 5.32 Å². The summed E-state index contributed by atoms with van der Waals surface area (Å²) in [5, 5.41) is 11.4. The Balaban J connectivity index is 2.05. The summed E-state index contributed by atoms with van der Waals surface area (Å²) in [7, 11) is 0. The van der Waals surface area contributed by atoms with Crippen molar-refractivity contribution < 1.29 is 9.90 Å². The van der Waals surface area contributed by atoms with Gasteiger partial charge in [-0.15, -0.1) is 0 Å². The number of nitrogens with one attached hydrogen (secondary N) is 1. The molecule has 0 aromatic carbocycles. The van der Waals surface area contributed by atoms with Gasteiger partial charge in [-0.2, -0.15) is 0 Å². The number of hydrogen-bond acceptors (Lipinski definition) is 2. The summed E-state index contributed by atoms with van der Waals surface area (Å²) in [6.45, 7) is 2.54. The van der Waals surface area contributed by atoms with Gasteiger partial charge in [-0.1, -0.05) is 0 Å². The molecule has 3 nitrogen and oxygen atoms in total. The van der Waals surface area contributed by atoms with E-state index in [1.165, 1.54) is 12.8 Å². The molecule has 1 aliphatic carbocycles. The van der Waals surface area contributed by atoms with Crippen molar-refractivity contribution in [3.63, 3.8) is 0 Å². The smallest absolute Gasteiger partial charge is 0.320 e. The Morgan fingerprint density at radius 3 is 2.80 bits per heavy atom. The molecular formula is C7H13NO2. The van der Waals surface area contributed by atoms with Gasteiger partial charge >= 0.3 is 5.97 Å². The summed E-state index contributed by atoms with van der Waals surface area (Å²) in [5.74, 6) is -0.0116. The number of carboxylic acid groups (broad SMARTS) is 1. The molecule has 0 unspecified atom stereocenters. The molecule has 58 valence electrons. The molecule has 0 amide bonds. The SMILES string of the molecule is C[C@@H](NCC1CC1)C(=O)O. The molecule has 0 radical (unpaired) electrons. The van der Waals surface area contributed by atoms with Crippen LogP contribution in [-0.4, -0.2) is 23.7 Å². The normalized spacial score (nSPS) is 20.5. The van der Waals surface area contributed by atoms with Crippen molar-refractivity contribution >= 4 is 5.97 Å². The second-order valence-corrected chi connectivity index (χ2v) is 2.91. The van der Waals surface area contributed by atoms with E-state index < -0.39 is 5.97 Å². The third-order valence-corrected chi connectivity index (χ3v) is 1.78. The first-order valence-electron chi connectivity index (χ1n) is 3.66. The van der Waals surface area contributed by atoms with E-state index in [9.17, 15) is 4.79 Å². The number of carboxylic acids is 1. The van der Waals surface area contributed by atoms with Gasteiger partial charge in [0.1, 0.15) is 6.04 Å². The summed E-state index contributed by atoms with van der Waals surface area (Å²) in [5.41, 5.74) is 0. The summed E-state index contributed by atoms with van der Waals surface area (Å²) in [6, 6.07) is -0.388. The van der Waals surface area contributed by atoms with E-state index in [1.54, 1.807) is 6.92 Å². The molecule has 1 aliphatic rings.